The first-order valence-corrected chi connectivity index (χ1v) is 7.03. The van der Waals surface area contributed by atoms with Gasteiger partial charge in [-0.2, -0.15) is 8.42 Å². The van der Waals surface area contributed by atoms with E-state index in [1.165, 1.54) is 12.3 Å². The number of halogens is 1. The molecule has 0 bridgehead atoms. The number of nitrogens with one attached hydrogen (secondary N) is 1. The van der Waals surface area contributed by atoms with Crippen molar-refractivity contribution in [2.75, 3.05) is 4.72 Å². The van der Waals surface area contributed by atoms with Crippen LogP contribution in [-0.4, -0.2) is 18.0 Å². The van der Waals surface area contributed by atoms with Gasteiger partial charge < -0.3 is 4.57 Å². The lowest BCUT2D eigenvalue weighted by Gasteiger charge is -2.05. The molecule has 0 aliphatic heterocycles. The number of aromatic nitrogens is 2. The zero-order valence-electron chi connectivity index (χ0n) is 9.88. The normalized spacial score (nSPS) is 11.5. The van der Waals surface area contributed by atoms with Gasteiger partial charge in [0, 0.05) is 18.3 Å². The van der Waals surface area contributed by atoms with E-state index in [4.69, 9.17) is 11.6 Å². The molecule has 0 fully saturated rings. The fraction of sp³-hybridized carbons (Fsp3) is 0.182. The zero-order valence-corrected chi connectivity index (χ0v) is 11.5. The van der Waals surface area contributed by atoms with E-state index >= 15 is 0 Å². The molecule has 1 aromatic heterocycles. The van der Waals surface area contributed by atoms with Gasteiger partial charge in [0.2, 0.25) is 0 Å². The van der Waals surface area contributed by atoms with Crippen LogP contribution in [0.4, 0.5) is 5.69 Å². The van der Waals surface area contributed by atoms with Gasteiger partial charge in [-0.1, -0.05) is 17.7 Å². The number of nitrogens with zero attached hydrogens (tertiary/aromatic N) is 2. The molecule has 2 aromatic rings. The van der Waals surface area contributed by atoms with Crippen molar-refractivity contribution in [2.24, 2.45) is 7.05 Å². The smallest absolute Gasteiger partial charge is 0.280 e. The first-order valence-electron chi connectivity index (χ1n) is 5.17. The standard InChI is InChI=1S/C11H12ClN3O2S/c1-8-13-11(7-15(8)2)18(16,17)14-10-5-3-4-9(12)6-10/h3-7,14H,1-2H3. The van der Waals surface area contributed by atoms with E-state index in [1.54, 1.807) is 36.7 Å². The van der Waals surface area contributed by atoms with Crippen LogP contribution in [0.2, 0.25) is 5.02 Å². The molecule has 0 aliphatic carbocycles. The summed E-state index contributed by atoms with van der Waals surface area (Å²) in [5.41, 5.74) is 0.408. The van der Waals surface area contributed by atoms with Gasteiger partial charge in [-0.3, -0.25) is 4.72 Å². The molecule has 0 saturated heterocycles. The fourth-order valence-corrected chi connectivity index (χ4v) is 2.70. The minimum Gasteiger partial charge on any atom is -0.337 e. The van der Waals surface area contributed by atoms with Crippen LogP contribution in [-0.2, 0) is 17.1 Å². The van der Waals surface area contributed by atoms with Crippen molar-refractivity contribution in [1.82, 2.24) is 9.55 Å². The summed E-state index contributed by atoms with van der Waals surface area (Å²) in [5, 5.41) is 0.454. The summed E-state index contributed by atoms with van der Waals surface area (Å²) in [4.78, 5) is 3.98. The second kappa shape index (κ2) is 4.62. The van der Waals surface area contributed by atoms with Crippen LogP contribution in [0.15, 0.2) is 35.5 Å². The molecular weight excluding hydrogens is 274 g/mol. The van der Waals surface area contributed by atoms with Gasteiger partial charge in [0.25, 0.3) is 10.0 Å². The van der Waals surface area contributed by atoms with Gasteiger partial charge in [0.05, 0.1) is 5.69 Å². The molecule has 2 rings (SSSR count). The van der Waals surface area contributed by atoms with Crippen LogP contribution in [0.25, 0.3) is 0 Å². The van der Waals surface area contributed by atoms with Gasteiger partial charge in [0.1, 0.15) is 5.82 Å². The van der Waals surface area contributed by atoms with Gasteiger partial charge in [0.15, 0.2) is 5.03 Å². The quantitative estimate of drug-likeness (QED) is 0.940. The second-order valence-corrected chi connectivity index (χ2v) is 5.92. The maximum atomic E-state index is 12.0. The van der Waals surface area contributed by atoms with Gasteiger partial charge in [-0.25, -0.2) is 4.98 Å². The van der Waals surface area contributed by atoms with E-state index < -0.39 is 10.0 Å². The lowest BCUT2D eigenvalue weighted by Crippen LogP contribution is -2.13. The molecule has 0 atom stereocenters. The number of anilines is 1. The number of imidazole rings is 1. The van der Waals surface area contributed by atoms with Gasteiger partial charge >= 0.3 is 0 Å². The minimum absolute atomic E-state index is 0.0116. The number of aryl methyl sites for hydroxylation is 2. The van der Waals surface area contributed by atoms with Crippen LogP contribution in [0.3, 0.4) is 0 Å². The SMILES string of the molecule is Cc1nc(S(=O)(=O)Nc2cccc(Cl)c2)cn1C. The predicted octanol–water partition coefficient (Wildman–Crippen LogP) is 2.18. The van der Waals surface area contributed by atoms with Crippen molar-refractivity contribution in [3.63, 3.8) is 0 Å². The van der Waals surface area contributed by atoms with Crippen molar-refractivity contribution in [3.8, 4) is 0 Å². The minimum atomic E-state index is -3.67. The molecule has 7 heteroatoms. The molecule has 1 aromatic carbocycles. The topological polar surface area (TPSA) is 64.0 Å². The highest BCUT2D eigenvalue weighted by atomic mass is 35.5. The maximum Gasteiger partial charge on any atom is 0.280 e. The number of rotatable bonds is 3. The molecule has 96 valence electrons. The van der Waals surface area contributed by atoms with E-state index in [9.17, 15) is 8.42 Å². The van der Waals surface area contributed by atoms with Gasteiger partial charge in [-0.05, 0) is 25.1 Å². The van der Waals surface area contributed by atoms with E-state index in [-0.39, 0.29) is 5.03 Å². The molecule has 0 spiro atoms. The Hall–Kier alpha value is -1.53. The van der Waals surface area contributed by atoms with Crippen molar-refractivity contribution in [1.29, 1.82) is 0 Å². The monoisotopic (exact) mass is 285 g/mol. The van der Waals surface area contributed by atoms with Crippen LogP contribution in [0, 0.1) is 6.92 Å². The highest BCUT2D eigenvalue weighted by Crippen LogP contribution is 2.18. The second-order valence-electron chi connectivity index (χ2n) is 3.85. The molecular formula is C11H12ClN3O2S. The van der Waals surface area contributed by atoms with Crippen LogP contribution >= 0.6 is 11.6 Å². The summed E-state index contributed by atoms with van der Waals surface area (Å²) in [5.74, 6) is 0.626. The average molecular weight is 286 g/mol. The Morgan fingerprint density at radius 3 is 2.67 bits per heavy atom. The molecule has 1 heterocycles. The van der Waals surface area contributed by atoms with Crippen LogP contribution < -0.4 is 4.72 Å². The van der Waals surface area contributed by atoms with Crippen LogP contribution in [0.5, 0.6) is 0 Å². The Morgan fingerprint density at radius 1 is 1.39 bits per heavy atom. The summed E-state index contributed by atoms with van der Waals surface area (Å²) >= 11 is 5.79. The number of hydrogen-bond donors (Lipinski definition) is 1. The molecule has 5 nitrogen and oxygen atoms in total. The lowest BCUT2D eigenvalue weighted by molar-refractivity contribution is 0.598. The third-order valence-electron chi connectivity index (χ3n) is 2.44. The van der Waals surface area contributed by atoms with Crippen molar-refractivity contribution in [2.45, 2.75) is 11.9 Å². The average Bonchev–Trinajstić information content (AvgIpc) is 2.59. The lowest BCUT2D eigenvalue weighted by atomic mass is 10.3. The molecule has 0 aliphatic rings. The first kappa shape index (κ1) is 12.9. The Morgan fingerprint density at radius 2 is 2.11 bits per heavy atom. The fourth-order valence-electron chi connectivity index (χ4n) is 1.42. The van der Waals surface area contributed by atoms with E-state index in [2.05, 4.69) is 9.71 Å². The largest absolute Gasteiger partial charge is 0.337 e. The Labute approximate surface area is 110 Å². The summed E-state index contributed by atoms with van der Waals surface area (Å²) < 4.78 is 28.2. The molecule has 0 saturated carbocycles. The Balaban J connectivity index is 2.33. The Bertz CT molecular complexity index is 660. The van der Waals surface area contributed by atoms with E-state index in [0.29, 0.717) is 16.5 Å². The van der Waals surface area contributed by atoms with Crippen molar-refractivity contribution < 1.29 is 8.42 Å². The molecule has 18 heavy (non-hydrogen) atoms. The third kappa shape index (κ3) is 2.65. The summed E-state index contributed by atoms with van der Waals surface area (Å²) in [6.07, 6.45) is 1.46. The predicted molar refractivity (Wildman–Crippen MR) is 70.2 cm³/mol. The zero-order chi connectivity index (χ0) is 13.3. The van der Waals surface area contributed by atoms with Crippen molar-refractivity contribution >= 4 is 27.3 Å². The van der Waals surface area contributed by atoms with Crippen LogP contribution in [0.1, 0.15) is 5.82 Å². The van der Waals surface area contributed by atoms with Gasteiger partial charge in [-0.15, -0.1) is 0 Å². The maximum absolute atomic E-state index is 12.0. The highest BCUT2D eigenvalue weighted by Gasteiger charge is 2.18. The van der Waals surface area contributed by atoms with Crippen molar-refractivity contribution in [3.05, 3.63) is 41.3 Å². The molecule has 1 N–H and O–H groups in total. The summed E-state index contributed by atoms with van der Waals surface area (Å²) in [6.45, 7) is 1.73. The molecule has 0 unspecified atom stereocenters. The highest BCUT2D eigenvalue weighted by molar-refractivity contribution is 7.92. The Kier molecular flexibility index (Phi) is 3.32. The molecule has 0 amide bonds. The van der Waals surface area contributed by atoms with E-state index in [0.717, 1.165) is 0 Å². The summed E-state index contributed by atoms with van der Waals surface area (Å²) in [6, 6.07) is 6.50. The van der Waals surface area contributed by atoms with E-state index in [1.807, 2.05) is 0 Å². The third-order valence-corrected chi connectivity index (χ3v) is 3.93. The number of hydrogen-bond acceptors (Lipinski definition) is 3. The summed E-state index contributed by atoms with van der Waals surface area (Å²) in [7, 11) is -1.94. The number of benzene rings is 1. The molecule has 0 radical (unpaired) electrons. The number of sulfonamides is 1. The first-order chi connectivity index (χ1) is 8.38.